The van der Waals surface area contributed by atoms with Gasteiger partial charge in [-0.1, -0.05) is 0 Å². The van der Waals surface area contributed by atoms with Gasteiger partial charge in [-0.2, -0.15) is 0 Å². The maximum Gasteiger partial charge on any atom is 0.253 e. The summed E-state index contributed by atoms with van der Waals surface area (Å²) < 4.78 is 51.1. The Hall–Kier alpha value is -1.58. The molecule has 1 amide bonds. The molecule has 0 saturated carbocycles. The van der Waals surface area contributed by atoms with Crippen molar-refractivity contribution in [3.63, 3.8) is 0 Å². The van der Waals surface area contributed by atoms with E-state index in [4.69, 9.17) is 0 Å². The van der Waals surface area contributed by atoms with E-state index in [0.29, 0.717) is 42.9 Å². The van der Waals surface area contributed by atoms with E-state index in [1.807, 2.05) is 0 Å². The Labute approximate surface area is 153 Å². The quantitative estimate of drug-likeness (QED) is 0.767. The van der Waals surface area contributed by atoms with Crippen LogP contribution in [-0.4, -0.2) is 81.7 Å². The van der Waals surface area contributed by atoms with Crippen molar-refractivity contribution >= 4 is 15.9 Å². The minimum Gasteiger partial charge on any atom is -0.336 e. The molecule has 9 heteroatoms. The van der Waals surface area contributed by atoms with Gasteiger partial charge in [0.2, 0.25) is 10.0 Å². The third-order valence-electron chi connectivity index (χ3n) is 4.68. The fourth-order valence-corrected chi connectivity index (χ4v) is 4.14. The highest BCUT2D eigenvalue weighted by molar-refractivity contribution is 7.89. The Bertz CT molecular complexity index is 774. The molecule has 1 heterocycles. The number of benzene rings is 1. The number of alkyl halides is 2. The second kappa shape index (κ2) is 7.98. The molecular formula is C17H25F2N3O3S. The molecule has 0 aromatic heterocycles. The van der Waals surface area contributed by atoms with Gasteiger partial charge < -0.3 is 4.90 Å². The molecular weight excluding hydrogens is 364 g/mol. The van der Waals surface area contributed by atoms with Gasteiger partial charge >= 0.3 is 0 Å². The number of piperazine rings is 1. The summed E-state index contributed by atoms with van der Waals surface area (Å²) in [5.74, 6) is -0.278. The Morgan fingerprint density at radius 1 is 1.15 bits per heavy atom. The highest BCUT2D eigenvalue weighted by Gasteiger charge is 2.27. The molecule has 2 rings (SSSR count). The van der Waals surface area contributed by atoms with E-state index in [-0.39, 0.29) is 17.3 Å². The number of rotatable bonds is 5. The number of carbonyl (C=O) groups excluding carboxylic acids is 1. The Balaban J connectivity index is 2.24. The maximum absolute atomic E-state index is 12.8. The van der Waals surface area contributed by atoms with Crippen LogP contribution in [0.2, 0.25) is 0 Å². The van der Waals surface area contributed by atoms with Crippen LogP contribution in [0.15, 0.2) is 17.0 Å². The van der Waals surface area contributed by atoms with E-state index < -0.39 is 16.4 Å². The minimum absolute atomic E-state index is 0.113. The van der Waals surface area contributed by atoms with Crippen LogP contribution >= 0.6 is 0 Å². The van der Waals surface area contributed by atoms with Crippen LogP contribution in [0.3, 0.4) is 0 Å². The van der Waals surface area contributed by atoms with Crippen LogP contribution in [0.4, 0.5) is 8.78 Å². The molecule has 26 heavy (non-hydrogen) atoms. The van der Waals surface area contributed by atoms with Crippen LogP contribution < -0.4 is 0 Å². The predicted octanol–water partition coefficient (Wildman–Crippen LogP) is 1.58. The zero-order chi connectivity index (χ0) is 19.6. The average molecular weight is 389 g/mol. The van der Waals surface area contributed by atoms with E-state index >= 15 is 0 Å². The lowest BCUT2D eigenvalue weighted by atomic mass is 10.0. The molecule has 1 fully saturated rings. The van der Waals surface area contributed by atoms with E-state index in [1.165, 1.54) is 20.2 Å². The SMILES string of the molecule is Cc1cc(C(=O)N2CCN(CC(F)F)CC2)cc(S(=O)(=O)N(C)C)c1C. The van der Waals surface area contributed by atoms with Crippen molar-refractivity contribution in [3.8, 4) is 0 Å². The molecule has 1 aromatic rings. The zero-order valence-corrected chi connectivity index (χ0v) is 16.3. The summed E-state index contributed by atoms with van der Waals surface area (Å²) in [6.07, 6.45) is -2.39. The van der Waals surface area contributed by atoms with Gasteiger partial charge in [-0.15, -0.1) is 0 Å². The van der Waals surface area contributed by atoms with E-state index in [2.05, 4.69) is 0 Å². The van der Waals surface area contributed by atoms with Gasteiger partial charge in [-0.25, -0.2) is 21.5 Å². The monoisotopic (exact) mass is 389 g/mol. The van der Waals surface area contributed by atoms with Crippen molar-refractivity contribution in [2.45, 2.75) is 25.2 Å². The predicted molar refractivity (Wildman–Crippen MR) is 95.1 cm³/mol. The fourth-order valence-electron chi connectivity index (χ4n) is 2.93. The molecule has 0 bridgehead atoms. The average Bonchev–Trinajstić information content (AvgIpc) is 2.56. The summed E-state index contributed by atoms with van der Waals surface area (Å²) in [5, 5.41) is 0. The molecule has 146 valence electrons. The van der Waals surface area contributed by atoms with Gasteiger partial charge in [-0.05, 0) is 37.1 Å². The standard InChI is InChI=1S/C17H25F2N3O3S/c1-12-9-14(10-15(13(12)2)26(24,25)20(3)4)17(23)22-7-5-21(6-8-22)11-16(18)19/h9-10,16H,5-8,11H2,1-4H3. The lowest BCUT2D eigenvalue weighted by Gasteiger charge is -2.34. The first-order chi connectivity index (χ1) is 12.0. The second-order valence-corrected chi connectivity index (χ2v) is 8.81. The number of halogens is 2. The number of sulfonamides is 1. The molecule has 1 aliphatic rings. The van der Waals surface area contributed by atoms with Crippen molar-refractivity contribution in [3.05, 3.63) is 28.8 Å². The number of carbonyl (C=O) groups is 1. The summed E-state index contributed by atoms with van der Waals surface area (Å²) in [5.41, 5.74) is 1.63. The lowest BCUT2D eigenvalue weighted by molar-refractivity contribution is 0.0458. The Morgan fingerprint density at radius 3 is 2.23 bits per heavy atom. The minimum atomic E-state index is -3.67. The van der Waals surface area contributed by atoms with Crippen LogP contribution in [0.5, 0.6) is 0 Å². The van der Waals surface area contributed by atoms with Crippen LogP contribution in [0.1, 0.15) is 21.5 Å². The lowest BCUT2D eigenvalue weighted by Crippen LogP contribution is -2.49. The highest BCUT2D eigenvalue weighted by Crippen LogP contribution is 2.24. The van der Waals surface area contributed by atoms with Crippen molar-refractivity contribution in [1.29, 1.82) is 0 Å². The Morgan fingerprint density at radius 2 is 1.73 bits per heavy atom. The molecule has 1 saturated heterocycles. The Kier molecular flexibility index (Phi) is 6.36. The van der Waals surface area contributed by atoms with Gasteiger partial charge in [-0.3, -0.25) is 9.69 Å². The third kappa shape index (κ3) is 4.39. The number of hydrogen-bond acceptors (Lipinski definition) is 4. The third-order valence-corrected chi connectivity index (χ3v) is 6.62. The first-order valence-electron chi connectivity index (χ1n) is 8.37. The van der Waals surface area contributed by atoms with Gasteiger partial charge in [0, 0.05) is 45.8 Å². The number of hydrogen-bond donors (Lipinski definition) is 0. The summed E-state index contributed by atoms with van der Waals surface area (Å²) in [6.45, 7) is 4.62. The number of nitrogens with zero attached hydrogens (tertiary/aromatic N) is 3. The largest absolute Gasteiger partial charge is 0.336 e. The van der Waals surface area contributed by atoms with E-state index in [9.17, 15) is 22.0 Å². The first-order valence-corrected chi connectivity index (χ1v) is 9.81. The van der Waals surface area contributed by atoms with Crippen LogP contribution in [-0.2, 0) is 10.0 Å². The molecule has 0 radical (unpaired) electrons. The molecule has 0 aliphatic carbocycles. The highest BCUT2D eigenvalue weighted by atomic mass is 32.2. The van der Waals surface area contributed by atoms with Gasteiger partial charge in [0.15, 0.2) is 0 Å². The summed E-state index contributed by atoms with van der Waals surface area (Å²) >= 11 is 0. The van der Waals surface area contributed by atoms with Crippen molar-refractivity contribution < 1.29 is 22.0 Å². The van der Waals surface area contributed by atoms with Crippen molar-refractivity contribution in [1.82, 2.24) is 14.1 Å². The molecule has 0 atom stereocenters. The van der Waals surface area contributed by atoms with E-state index in [0.717, 1.165) is 4.31 Å². The molecule has 0 N–H and O–H groups in total. The summed E-state index contributed by atoms with van der Waals surface area (Å²) in [4.78, 5) is 16.1. The molecule has 6 nitrogen and oxygen atoms in total. The normalized spacial score (nSPS) is 16.5. The smallest absolute Gasteiger partial charge is 0.253 e. The maximum atomic E-state index is 12.8. The molecule has 1 aromatic carbocycles. The van der Waals surface area contributed by atoms with Crippen molar-refractivity contribution in [2.75, 3.05) is 46.8 Å². The zero-order valence-electron chi connectivity index (χ0n) is 15.5. The van der Waals surface area contributed by atoms with Gasteiger partial charge in [0.25, 0.3) is 12.3 Å². The number of aryl methyl sites for hydroxylation is 1. The van der Waals surface area contributed by atoms with Crippen LogP contribution in [0.25, 0.3) is 0 Å². The molecule has 0 unspecified atom stereocenters. The number of amides is 1. The van der Waals surface area contributed by atoms with Crippen molar-refractivity contribution in [2.24, 2.45) is 0 Å². The van der Waals surface area contributed by atoms with Gasteiger partial charge in [0.05, 0.1) is 11.4 Å². The summed E-state index contributed by atoms with van der Waals surface area (Å²) in [6, 6.07) is 3.09. The molecule has 0 spiro atoms. The van der Waals surface area contributed by atoms with E-state index in [1.54, 1.807) is 29.7 Å². The van der Waals surface area contributed by atoms with Crippen LogP contribution in [0, 0.1) is 13.8 Å². The summed E-state index contributed by atoms with van der Waals surface area (Å²) in [7, 11) is -0.778. The second-order valence-electron chi connectivity index (χ2n) is 6.69. The fraction of sp³-hybridized carbons (Fsp3) is 0.588. The molecule has 1 aliphatic heterocycles. The topological polar surface area (TPSA) is 60.9 Å². The first kappa shape index (κ1) is 20.7. The van der Waals surface area contributed by atoms with Gasteiger partial charge in [0.1, 0.15) is 0 Å².